The molecule has 0 atom stereocenters. The van der Waals surface area contributed by atoms with Crippen molar-refractivity contribution in [2.75, 3.05) is 6.54 Å². The molecule has 0 N–H and O–H groups in total. The van der Waals surface area contributed by atoms with Gasteiger partial charge in [0.15, 0.2) is 0 Å². The fourth-order valence-corrected chi connectivity index (χ4v) is 5.98. The fraction of sp³-hybridized carbons (Fsp3) is 0.400. The molecule has 2 rings (SSSR count). The normalized spacial score (nSPS) is 16.9. The third kappa shape index (κ3) is 2.49. The molecule has 0 saturated carbocycles. The van der Waals surface area contributed by atoms with Gasteiger partial charge in [-0.05, 0) is 0 Å². The van der Waals surface area contributed by atoms with Gasteiger partial charge in [-0.15, -0.1) is 0 Å². The van der Waals surface area contributed by atoms with Gasteiger partial charge in [-0.3, -0.25) is 0 Å². The van der Waals surface area contributed by atoms with Gasteiger partial charge in [-0.1, -0.05) is 0 Å². The van der Waals surface area contributed by atoms with Gasteiger partial charge in [0, 0.05) is 0 Å². The summed E-state index contributed by atoms with van der Waals surface area (Å²) in [5, 5.41) is 2.56. The average Bonchev–Trinajstić information content (AvgIpc) is 2.80. The van der Waals surface area contributed by atoms with Crippen LogP contribution >= 0.6 is 20.2 Å². The fourth-order valence-electron chi connectivity index (χ4n) is 1.49. The molecule has 0 amide bonds. The summed E-state index contributed by atoms with van der Waals surface area (Å²) in [4.78, 5) is 2.09. The van der Waals surface area contributed by atoms with Crippen LogP contribution in [0.4, 0.5) is 17.6 Å². The SMILES string of the molecule is [N-]=[N+]=NCC(F)(F)C(F)(F)I1OCc2ccccc21. The Morgan fingerprint density at radius 2 is 2.00 bits per heavy atom. The average molecular weight is 389 g/mol. The van der Waals surface area contributed by atoms with E-state index in [1.54, 1.807) is 12.1 Å². The van der Waals surface area contributed by atoms with E-state index in [0.717, 1.165) is 0 Å². The number of azide groups is 1. The van der Waals surface area contributed by atoms with E-state index >= 15 is 0 Å². The molecule has 1 aliphatic heterocycles. The molecule has 0 bridgehead atoms. The van der Waals surface area contributed by atoms with Crippen molar-refractivity contribution in [3.63, 3.8) is 0 Å². The molecular weight excluding hydrogens is 381 g/mol. The topological polar surface area (TPSA) is 58.0 Å². The zero-order valence-corrected chi connectivity index (χ0v) is 11.5. The molecule has 0 saturated heterocycles. The Morgan fingerprint density at radius 1 is 1.32 bits per heavy atom. The standard InChI is InChI=1S/C10H8F4IN3O/c11-9(12,6-17-18-16)10(13,14)15-8-4-2-1-3-7(8)5-19-15/h1-4H,5-6H2. The summed E-state index contributed by atoms with van der Waals surface area (Å²) in [7, 11) is 0. The monoisotopic (exact) mass is 389 g/mol. The van der Waals surface area contributed by atoms with E-state index < -0.39 is 36.6 Å². The molecule has 4 nitrogen and oxygen atoms in total. The van der Waals surface area contributed by atoms with Gasteiger partial charge < -0.3 is 0 Å². The van der Waals surface area contributed by atoms with Crippen LogP contribution in [-0.4, -0.2) is 16.4 Å². The van der Waals surface area contributed by atoms with Crippen molar-refractivity contribution < 1.29 is 20.6 Å². The molecule has 9 heteroatoms. The molecule has 0 unspecified atom stereocenters. The first-order valence-electron chi connectivity index (χ1n) is 5.08. The first kappa shape index (κ1) is 14.4. The number of hydrogen-bond donors (Lipinski definition) is 0. The first-order chi connectivity index (χ1) is 8.90. The van der Waals surface area contributed by atoms with Crippen LogP contribution < -0.4 is 0 Å². The van der Waals surface area contributed by atoms with E-state index in [0.29, 0.717) is 5.56 Å². The number of benzene rings is 1. The van der Waals surface area contributed by atoms with Crippen LogP contribution in [0.3, 0.4) is 0 Å². The van der Waals surface area contributed by atoms with Gasteiger partial charge in [0.2, 0.25) is 0 Å². The van der Waals surface area contributed by atoms with E-state index in [1.807, 2.05) is 0 Å². The second kappa shape index (κ2) is 5.14. The predicted octanol–water partition coefficient (Wildman–Crippen LogP) is 4.35. The maximum atomic E-state index is 13.9. The Hall–Kier alpha value is -1.06. The Kier molecular flexibility index (Phi) is 3.88. The van der Waals surface area contributed by atoms with Crippen molar-refractivity contribution in [2.45, 2.75) is 16.5 Å². The Labute approximate surface area is 113 Å². The molecule has 1 aliphatic rings. The van der Waals surface area contributed by atoms with Crippen LogP contribution in [-0.2, 0) is 9.67 Å². The Morgan fingerprint density at radius 3 is 2.68 bits per heavy atom. The summed E-state index contributed by atoms with van der Waals surface area (Å²) in [6.45, 7) is -1.65. The summed E-state index contributed by atoms with van der Waals surface area (Å²) in [5.41, 5.74) is 8.50. The molecule has 0 fully saturated rings. The Bertz CT molecular complexity index is 533. The predicted molar refractivity (Wildman–Crippen MR) is 67.9 cm³/mol. The van der Waals surface area contributed by atoms with Gasteiger partial charge >= 0.3 is 113 Å². The minimum absolute atomic E-state index is 0.0752. The second-order valence-electron chi connectivity index (χ2n) is 3.68. The summed E-state index contributed by atoms with van der Waals surface area (Å²) in [5.74, 6) is -4.40. The molecular formula is C10H8F4IN3O. The van der Waals surface area contributed by atoms with Gasteiger partial charge in [0.25, 0.3) is 0 Å². The summed E-state index contributed by atoms with van der Waals surface area (Å²) in [6, 6.07) is 6.12. The third-order valence-corrected chi connectivity index (χ3v) is 7.49. The third-order valence-electron chi connectivity index (χ3n) is 2.42. The quantitative estimate of drug-likeness (QED) is 0.189. The summed E-state index contributed by atoms with van der Waals surface area (Å²) >= 11 is -3.83. The molecule has 0 radical (unpaired) electrons. The number of fused-ring (bicyclic) bond motifs is 1. The molecule has 0 spiro atoms. The summed E-state index contributed by atoms with van der Waals surface area (Å²) in [6.07, 6.45) is 0. The van der Waals surface area contributed by atoms with Crippen LogP contribution in [0.5, 0.6) is 0 Å². The number of nitrogens with zero attached hydrogens (tertiary/aromatic N) is 3. The van der Waals surface area contributed by atoms with Crippen molar-refractivity contribution >= 4 is 20.2 Å². The number of halogens is 5. The van der Waals surface area contributed by atoms with E-state index in [-0.39, 0.29) is 10.2 Å². The van der Waals surface area contributed by atoms with Crippen LogP contribution in [0, 0.1) is 3.57 Å². The van der Waals surface area contributed by atoms with Crippen LogP contribution in [0.1, 0.15) is 5.56 Å². The number of alkyl halides is 5. The minimum atomic E-state index is -4.40. The molecule has 1 heterocycles. The van der Waals surface area contributed by atoms with Gasteiger partial charge in [-0.2, -0.15) is 0 Å². The molecule has 1 aromatic carbocycles. The van der Waals surface area contributed by atoms with Gasteiger partial charge in [0.1, 0.15) is 0 Å². The first-order valence-corrected chi connectivity index (χ1v) is 8.12. The molecule has 0 aromatic heterocycles. The van der Waals surface area contributed by atoms with Crippen LogP contribution in [0.25, 0.3) is 10.4 Å². The van der Waals surface area contributed by atoms with Crippen molar-refractivity contribution in [3.05, 3.63) is 43.8 Å². The zero-order valence-electron chi connectivity index (χ0n) is 9.36. The summed E-state index contributed by atoms with van der Waals surface area (Å²) < 4.78 is 55.6. The maximum absolute atomic E-state index is 13.9. The zero-order chi connectivity index (χ0) is 14.1. The van der Waals surface area contributed by atoms with E-state index in [9.17, 15) is 17.6 Å². The number of rotatable bonds is 4. The van der Waals surface area contributed by atoms with E-state index in [2.05, 4.69) is 10.0 Å². The van der Waals surface area contributed by atoms with Crippen LogP contribution in [0.15, 0.2) is 29.4 Å². The molecule has 19 heavy (non-hydrogen) atoms. The second-order valence-corrected chi connectivity index (χ2v) is 8.24. The van der Waals surface area contributed by atoms with Gasteiger partial charge in [0.05, 0.1) is 0 Å². The van der Waals surface area contributed by atoms with Crippen LogP contribution in [0.2, 0.25) is 0 Å². The Balaban J connectivity index is 2.33. The molecule has 1 aromatic rings. The molecule has 0 aliphatic carbocycles. The van der Waals surface area contributed by atoms with Gasteiger partial charge in [-0.25, -0.2) is 0 Å². The van der Waals surface area contributed by atoms with Crippen molar-refractivity contribution in [2.24, 2.45) is 5.11 Å². The van der Waals surface area contributed by atoms with E-state index in [4.69, 9.17) is 8.60 Å². The number of hydrogen-bond acceptors (Lipinski definition) is 2. The van der Waals surface area contributed by atoms with Crippen molar-refractivity contribution in [1.82, 2.24) is 0 Å². The van der Waals surface area contributed by atoms with E-state index in [1.165, 1.54) is 12.1 Å². The van der Waals surface area contributed by atoms with Crippen molar-refractivity contribution in [3.8, 4) is 0 Å². The van der Waals surface area contributed by atoms with Crippen molar-refractivity contribution in [1.29, 1.82) is 0 Å². The molecule has 104 valence electrons.